The number of fused-ring (bicyclic) bond motifs is 6. The van der Waals surface area contributed by atoms with Crippen LogP contribution in [0.1, 0.15) is 150 Å². The lowest BCUT2D eigenvalue weighted by Gasteiger charge is -2.32. The highest BCUT2D eigenvalue weighted by molar-refractivity contribution is 9.10. The zero-order valence-electron chi connectivity index (χ0n) is 58.3. The minimum atomic E-state index is -3.06. The van der Waals surface area contributed by atoms with Crippen molar-refractivity contribution in [1.82, 2.24) is 9.97 Å². The number of halogens is 1. The molecule has 96 heavy (non-hydrogen) atoms. The molecule has 6 atom stereocenters. The maximum Gasteiger partial charge on any atom is 0.494 e. The molecule has 2 aromatic heterocycles. The molecule has 1 aliphatic heterocycles. The predicted octanol–water partition coefficient (Wildman–Crippen LogP) is 15.9. The number of aromatic nitrogens is 2. The number of ether oxygens (including phenoxy) is 6. The van der Waals surface area contributed by atoms with Crippen LogP contribution >= 0.6 is 31.1 Å². The van der Waals surface area contributed by atoms with Gasteiger partial charge < -0.3 is 55.8 Å². The molecule has 22 heteroatoms. The second-order valence-electron chi connectivity index (χ2n) is 25.9. The summed E-state index contributed by atoms with van der Waals surface area (Å²) in [4.78, 5) is 33.3. The van der Waals surface area contributed by atoms with E-state index in [1.807, 2.05) is 128 Å². The molecule has 0 amide bonds. The number of hydrogen-bond acceptors (Lipinski definition) is 18. The number of rotatable bonds is 30. The van der Waals surface area contributed by atoms with E-state index in [2.05, 4.69) is 91.7 Å². The molecule has 518 valence electrons. The van der Waals surface area contributed by atoms with Crippen molar-refractivity contribution in [3.63, 3.8) is 0 Å². The van der Waals surface area contributed by atoms with Gasteiger partial charge in [-0.2, -0.15) is 0 Å². The molecule has 1 saturated heterocycles. The Bertz CT molecular complexity index is 3710. The fourth-order valence-corrected chi connectivity index (χ4v) is 16.7. The van der Waals surface area contributed by atoms with E-state index in [1.165, 1.54) is 16.7 Å². The lowest BCUT2D eigenvalue weighted by atomic mass is 9.78. The Hall–Kier alpha value is -5.92. The summed E-state index contributed by atoms with van der Waals surface area (Å²) >= 11 is 3.53. The van der Waals surface area contributed by atoms with Crippen molar-refractivity contribution in [3.05, 3.63) is 157 Å². The number of carbonyl (C=O) groups excluding carboxylic acids is 2. The van der Waals surface area contributed by atoms with Crippen LogP contribution in [0.4, 0.5) is 0 Å². The van der Waals surface area contributed by atoms with Crippen LogP contribution in [0, 0.1) is 51.4 Å². The molecule has 4 aliphatic carbocycles. The van der Waals surface area contributed by atoms with Crippen molar-refractivity contribution in [1.29, 1.82) is 0 Å². The highest BCUT2D eigenvalue weighted by Gasteiger charge is 2.61. The summed E-state index contributed by atoms with van der Waals surface area (Å²) in [6.07, 6.45) is 7.42. The van der Waals surface area contributed by atoms with Crippen molar-refractivity contribution in [3.8, 4) is 34.4 Å². The fraction of sp³-hybridized carbons (Fsp3) is 0.514. The Morgan fingerprint density at radius 3 is 1.40 bits per heavy atom. The minimum absolute atomic E-state index is 0.00809. The third-order valence-corrected chi connectivity index (χ3v) is 24.0. The first kappa shape index (κ1) is 74.3. The van der Waals surface area contributed by atoms with Crippen LogP contribution in [-0.4, -0.2) is 105 Å². The normalized spacial score (nSPS) is 19.7. The Balaban J connectivity index is 0.000000180. The van der Waals surface area contributed by atoms with Gasteiger partial charge in [0.2, 0.25) is 11.8 Å². The molecule has 0 N–H and O–H groups in total. The first-order valence-corrected chi connectivity index (χ1v) is 38.1. The van der Waals surface area contributed by atoms with Crippen LogP contribution < -0.4 is 24.4 Å². The smallest absolute Gasteiger partial charge is 0.494 e. The summed E-state index contributed by atoms with van der Waals surface area (Å²) in [5.41, 5.74) is 13.9. The number of hydrogen-bond donors (Lipinski definition) is 0. The molecule has 2 saturated carbocycles. The number of esters is 2. The van der Waals surface area contributed by atoms with Crippen molar-refractivity contribution >= 4 is 55.6 Å². The van der Waals surface area contributed by atoms with E-state index in [9.17, 15) is 18.7 Å². The van der Waals surface area contributed by atoms with Crippen LogP contribution in [0.25, 0.3) is 11.1 Å². The molecule has 0 bridgehead atoms. The van der Waals surface area contributed by atoms with Gasteiger partial charge in [0.05, 0.1) is 88.2 Å². The zero-order chi connectivity index (χ0) is 69.1. The number of carbonyl (C=O) groups is 2. The number of nitrogens with zero attached hydrogens (tertiary/aromatic N) is 2. The first-order valence-electron chi connectivity index (χ1n) is 33.9. The quantitative estimate of drug-likeness (QED) is 0.0178. The van der Waals surface area contributed by atoms with Gasteiger partial charge >= 0.3 is 34.2 Å². The van der Waals surface area contributed by atoms with Crippen LogP contribution in [0.15, 0.2) is 102 Å². The Labute approximate surface area is 576 Å². The van der Waals surface area contributed by atoms with Gasteiger partial charge in [-0.25, -0.2) is 9.97 Å². The summed E-state index contributed by atoms with van der Waals surface area (Å²) < 4.78 is 93.9. The SMILES string of the molecule is CCOC(=O)C1C2Cc3cc(OCc4cccc(B5OC(C)(C)C(C)(C)O5)c4)ncc3C21.CCOC(=O)[C@H]1[C@@H]2Cc3cc(OCc4cccc(-c5c(C)cc(OCCCP(=O)(OCC)OCC)cc5C)c4)ncc3[C@@H]21.CCOP(=O)(CCCOc1cc(C)c(Br)c(C)c1)OCC. The molecule has 3 heterocycles. The number of benzene rings is 4. The fourth-order valence-electron chi connectivity index (χ4n) is 13.2. The van der Waals surface area contributed by atoms with Crippen molar-refractivity contribution in [2.45, 2.75) is 159 Å². The lowest BCUT2D eigenvalue weighted by molar-refractivity contribution is -0.146. The van der Waals surface area contributed by atoms with Gasteiger partial charge in [0.15, 0.2) is 0 Å². The summed E-state index contributed by atoms with van der Waals surface area (Å²) in [6, 6.07) is 28.6. The molecule has 11 rings (SSSR count). The largest absolute Gasteiger partial charge is 0.494 e. The maximum absolute atomic E-state index is 12.7. The van der Waals surface area contributed by atoms with E-state index in [1.54, 1.807) is 0 Å². The van der Waals surface area contributed by atoms with Crippen molar-refractivity contribution in [2.24, 2.45) is 23.7 Å². The van der Waals surface area contributed by atoms with Crippen LogP contribution in [-0.2, 0) is 81.7 Å². The summed E-state index contributed by atoms with van der Waals surface area (Å²) in [6.45, 7) is 31.5. The molecule has 3 unspecified atom stereocenters. The van der Waals surface area contributed by atoms with Crippen molar-refractivity contribution < 1.29 is 74.5 Å². The molecule has 0 spiro atoms. The molecule has 4 aromatic carbocycles. The second kappa shape index (κ2) is 32.8. The average Bonchev–Trinajstić information content (AvgIpc) is 1.56. The van der Waals surface area contributed by atoms with E-state index in [4.69, 9.17) is 55.8 Å². The number of aryl methyl sites for hydroxylation is 4. The van der Waals surface area contributed by atoms with Crippen LogP contribution in [0.3, 0.4) is 0 Å². The second-order valence-corrected chi connectivity index (χ2v) is 31.1. The molecule has 0 radical (unpaired) electrons. The Kier molecular flexibility index (Phi) is 25.4. The third kappa shape index (κ3) is 18.3. The van der Waals surface area contributed by atoms with Gasteiger partial charge in [0, 0.05) is 40.8 Å². The van der Waals surface area contributed by atoms with E-state index in [-0.39, 0.29) is 46.8 Å². The van der Waals surface area contributed by atoms with Gasteiger partial charge in [-0.1, -0.05) is 58.4 Å². The van der Waals surface area contributed by atoms with E-state index in [0.717, 1.165) is 84.3 Å². The zero-order valence-corrected chi connectivity index (χ0v) is 61.7. The third-order valence-electron chi connectivity index (χ3n) is 18.5. The number of pyridine rings is 2. The highest BCUT2D eigenvalue weighted by atomic mass is 79.9. The Morgan fingerprint density at radius 1 is 0.552 bits per heavy atom. The van der Waals surface area contributed by atoms with Gasteiger partial charge in [-0.15, -0.1) is 0 Å². The molecular weight excluding hydrogens is 1330 g/mol. The van der Waals surface area contributed by atoms with E-state index >= 15 is 0 Å². The van der Waals surface area contributed by atoms with E-state index in [0.29, 0.717) is 115 Å². The van der Waals surface area contributed by atoms with Crippen molar-refractivity contribution in [2.75, 3.05) is 65.2 Å². The summed E-state index contributed by atoms with van der Waals surface area (Å²) in [5.74, 6) is 3.88. The standard InChI is InChI=1S/C34H42NO7P.C25H30BNO5.C15H24BrO4P/c1-6-38-34(36)33-28-18-26-19-30(35-20-29(26)32(28)33)40-21-24-11-9-12-25(17-24)31-22(4)15-27(16-23(31)5)39-13-10-14-43(37,41-7-2)42-8-3;1-6-29-23(28)22-18-11-16-12-20(27-13-19(16)21(18)22)30-14-15-8-7-9-17(10-15)26-31-24(2,3)25(4,5)32-26;1-5-19-21(17,20-6-2)9-7-8-18-14-10-12(3)15(16)13(4)11-14/h9,11-12,15-17,19-20,28,32-33H,6-8,10,13-14,18,21H2,1-5H3;7-10,12-13,18,21-22H,6,11,14H2,1-5H3;10-11H,5-9H2,1-4H3/t28-,32-,33+;;/m1../s1. The van der Waals surface area contributed by atoms with Gasteiger partial charge in [-0.05, 0) is 237 Å². The summed E-state index contributed by atoms with van der Waals surface area (Å²) in [5, 5.41) is 0. The van der Waals surface area contributed by atoms with Crippen LogP contribution in [0.5, 0.6) is 23.3 Å². The Morgan fingerprint density at radius 2 is 0.969 bits per heavy atom. The topological polar surface area (TPSA) is 205 Å². The lowest BCUT2D eigenvalue weighted by Crippen LogP contribution is -2.41. The molecule has 3 fully saturated rings. The van der Waals surface area contributed by atoms with Crippen LogP contribution in [0.2, 0.25) is 0 Å². The molecule has 18 nitrogen and oxygen atoms in total. The summed E-state index contributed by atoms with van der Waals surface area (Å²) in [7, 11) is -6.41. The average molecular weight is 1420 g/mol. The van der Waals surface area contributed by atoms with E-state index < -0.39 is 22.3 Å². The highest BCUT2D eigenvalue weighted by Crippen LogP contribution is 2.63. The monoisotopic (exact) mass is 1420 g/mol. The van der Waals surface area contributed by atoms with Gasteiger partial charge in [0.25, 0.3) is 0 Å². The molecule has 5 aliphatic rings. The predicted molar refractivity (Wildman–Crippen MR) is 376 cm³/mol. The van der Waals surface area contributed by atoms with Gasteiger partial charge in [-0.3, -0.25) is 18.7 Å². The molecular formula is C74H96BBrN2O16P2. The minimum Gasteiger partial charge on any atom is -0.494 e. The van der Waals surface area contributed by atoms with Gasteiger partial charge in [0.1, 0.15) is 24.7 Å². The first-order chi connectivity index (χ1) is 45.9. The molecule has 6 aromatic rings. The maximum atomic E-state index is 12.7.